The van der Waals surface area contributed by atoms with Crippen molar-refractivity contribution >= 4 is 18.0 Å². The molecule has 0 aromatic heterocycles. The van der Waals surface area contributed by atoms with Gasteiger partial charge in [-0.1, -0.05) is 13.8 Å². The van der Waals surface area contributed by atoms with Crippen molar-refractivity contribution in [3.63, 3.8) is 0 Å². The highest BCUT2D eigenvalue weighted by Gasteiger charge is 2.22. The van der Waals surface area contributed by atoms with Crippen LogP contribution in [0.3, 0.4) is 0 Å². The number of alkyl carbamates (subject to hydrolysis) is 1. The van der Waals surface area contributed by atoms with Gasteiger partial charge in [0.05, 0.1) is 0 Å². The molecule has 0 saturated carbocycles. The molecule has 0 radical (unpaired) electrons. The maximum Gasteiger partial charge on any atom is 0.408 e. The number of carbonyl (C=O) groups is 3. The number of hydrogen-bond acceptors (Lipinski definition) is 5. The molecule has 0 rings (SSSR count). The first kappa shape index (κ1) is 21.5. The minimum Gasteiger partial charge on any atom is -0.480 e. The van der Waals surface area contributed by atoms with Crippen molar-refractivity contribution in [3.05, 3.63) is 0 Å². The number of carbonyl (C=O) groups excluding carboxylic acids is 1. The first-order valence-electron chi connectivity index (χ1n) is 6.65. The lowest BCUT2D eigenvalue weighted by Crippen LogP contribution is -2.43. The van der Waals surface area contributed by atoms with E-state index in [-0.39, 0.29) is 0 Å². The van der Waals surface area contributed by atoms with Crippen LogP contribution in [0.5, 0.6) is 0 Å². The van der Waals surface area contributed by atoms with Crippen molar-refractivity contribution in [3.8, 4) is 0 Å². The number of rotatable bonds is 5. The van der Waals surface area contributed by atoms with Gasteiger partial charge in [-0.3, -0.25) is 4.79 Å². The lowest BCUT2D eigenvalue weighted by Gasteiger charge is -2.21. The quantitative estimate of drug-likeness (QED) is 0.598. The topological polar surface area (TPSA) is 139 Å². The lowest BCUT2D eigenvalue weighted by molar-refractivity contribution is -0.140. The molecule has 21 heavy (non-hydrogen) atoms. The van der Waals surface area contributed by atoms with E-state index < -0.39 is 35.7 Å². The molecule has 0 bridgehead atoms. The van der Waals surface area contributed by atoms with Crippen molar-refractivity contribution in [1.29, 1.82) is 0 Å². The van der Waals surface area contributed by atoms with Gasteiger partial charge in [0.2, 0.25) is 0 Å². The van der Waals surface area contributed by atoms with Crippen LogP contribution in [-0.4, -0.2) is 45.9 Å². The van der Waals surface area contributed by atoms with Crippen molar-refractivity contribution in [2.24, 2.45) is 5.73 Å². The number of nitrogens with one attached hydrogen (secondary N) is 1. The van der Waals surface area contributed by atoms with Gasteiger partial charge in [0, 0.05) is 0 Å². The fourth-order valence-electron chi connectivity index (χ4n) is 0.963. The van der Waals surface area contributed by atoms with E-state index in [0.717, 1.165) is 0 Å². The Balaban J connectivity index is 0. The van der Waals surface area contributed by atoms with Crippen LogP contribution in [0.2, 0.25) is 0 Å². The third-order valence-corrected chi connectivity index (χ3v) is 2.15. The smallest absolute Gasteiger partial charge is 0.408 e. The molecule has 0 aromatic carbocycles. The average Bonchev–Trinajstić information content (AvgIpc) is 2.32. The molecule has 0 spiro atoms. The highest BCUT2D eigenvalue weighted by Crippen LogP contribution is 2.07. The maximum atomic E-state index is 11.1. The van der Waals surface area contributed by atoms with Crippen LogP contribution in [0, 0.1) is 0 Å². The Morgan fingerprint density at radius 3 is 1.76 bits per heavy atom. The highest BCUT2D eigenvalue weighted by molar-refractivity contribution is 5.79. The second-order valence-corrected chi connectivity index (χ2v) is 5.30. The molecule has 8 heteroatoms. The van der Waals surface area contributed by atoms with Crippen LogP contribution >= 0.6 is 0 Å². The summed E-state index contributed by atoms with van der Waals surface area (Å²) in [5.41, 5.74) is 4.41. The Bertz CT molecular complexity index is 351. The zero-order valence-corrected chi connectivity index (χ0v) is 13.2. The summed E-state index contributed by atoms with van der Waals surface area (Å²) in [5, 5.41) is 19.0. The fraction of sp³-hybridized carbons (Fsp3) is 0.769. The number of carboxylic acids is 2. The van der Waals surface area contributed by atoms with E-state index >= 15 is 0 Å². The van der Waals surface area contributed by atoms with Crippen LogP contribution in [0.25, 0.3) is 0 Å². The second kappa shape index (κ2) is 9.98. The van der Waals surface area contributed by atoms with Gasteiger partial charge in [-0.2, -0.15) is 0 Å². The van der Waals surface area contributed by atoms with E-state index in [9.17, 15) is 14.4 Å². The third-order valence-electron chi connectivity index (χ3n) is 2.15. The predicted octanol–water partition coefficient (Wildman–Crippen LogP) is 1.18. The van der Waals surface area contributed by atoms with Gasteiger partial charge in [-0.15, -0.1) is 0 Å². The van der Waals surface area contributed by atoms with Gasteiger partial charge in [0.25, 0.3) is 0 Å². The fourth-order valence-corrected chi connectivity index (χ4v) is 0.963. The summed E-state index contributed by atoms with van der Waals surface area (Å²) in [4.78, 5) is 31.5. The van der Waals surface area contributed by atoms with Crippen molar-refractivity contribution in [1.82, 2.24) is 5.32 Å². The summed E-state index contributed by atoms with van der Waals surface area (Å²) in [6.07, 6.45) is 0.121. The van der Waals surface area contributed by atoms with Crippen molar-refractivity contribution in [2.45, 2.75) is 65.1 Å². The molecule has 0 aliphatic carbocycles. The van der Waals surface area contributed by atoms with Crippen molar-refractivity contribution < 1.29 is 29.3 Å². The molecule has 5 N–H and O–H groups in total. The van der Waals surface area contributed by atoms with Crippen LogP contribution < -0.4 is 11.1 Å². The van der Waals surface area contributed by atoms with E-state index in [4.69, 9.17) is 20.7 Å². The van der Waals surface area contributed by atoms with Gasteiger partial charge in [0.15, 0.2) is 0 Å². The molecular formula is C13H26N2O6. The van der Waals surface area contributed by atoms with E-state index in [1.807, 2.05) is 0 Å². The summed E-state index contributed by atoms with van der Waals surface area (Å²) in [6.45, 7) is 8.56. The number of amides is 1. The first-order valence-corrected chi connectivity index (χ1v) is 6.65. The molecule has 2 atom stereocenters. The summed E-state index contributed by atoms with van der Waals surface area (Å²) in [5.74, 6) is -1.99. The SMILES string of the molecule is CC[C@H](N)C(=O)O.CC[C@H](NC(=O)OC(C)(C)C)C(=O)O. The van der Waals surface area contributed by atoms with Crippen LogP contribution in [-0.2, 0) is 14.3 Å². The van der Waals surface area contributed by atoms with Gasteiger partial charge < -0.3 is 26.0 Å². The zero-order chi connectivity index (χ0) is 17.2. The number of ether oxygens (including phenoxy) is 1. The molecular weight excluding hydrogens is 280 g/mol. The van der Waals surface area contributed by atoms with Gasteiger partial charge in [0.1, 0.15) is 17.7 Å². The molecule has 0 heterocycles. The lowest BCUT2D eigenvalue weighted by atomic mass is 10.2. The molecule has 0 aliphatic rings. The molecule has 124 valence electrons. The van der Waals surface area contributed by atoms with Crippen LogP contribution in [0.15, 0.2) is 0 Å². The number of carboxylic acid groups (broad SMARTS) is 2. The molecule has 0 unspecified atom stereocenters. The zero-order valence-electron chi connectivity index (χ0n) is 13.2. The molecule has 0 saturated heterocycles. The average molecular weight is 306 g/mol. The Kier molecular flexibility index (Phi) is 10.2. The van der Waals surface area contributed by atoms with E-state index in [0.29, 0.717) is 12.8 Å². The summed E-state index contributed by atoms with van der Waals surface area (Å²) >= 11 is 0. The molecule has 0 aromatic rings. The summed E-state index contributed by atoms with van der Waals surface area (Å²) < 4.78 is 4.91. The maximum absolute atomic E-state index is 11.1. The predicted molar refractivity (Wildman–Crippen MR) is 77.0 cm³/mol. The first-order chi connectivity index (χ1) is 9.44. The summed E-state index contributed by atoms with van der Waals surface area (Å²) in [6, 6.07) is -1.56. The Hall–Kier alpha value is -1.83. The molecule has 0 fully saturated rings. The number of aliphatic carboxylic acids is 2. The van der Waals surface area contributed by atoms with E-state index in [1.165, 1.54) is 0 Å². The van der Waals surface area contributed by atoms with Gasteiger partial charge in [-0.05, 0) is 33.6 Å². The van der Waals surface area contributed by atoms with Gasteiger partial charge >= 0.3 is 18.0 Å². The van der Waals surface area contributed by atoms with Crippen molar-refractivity contribution in [2.75, 3.05) is 0 Å². The minimum atomic E-state index is -1.06. The summed E-state index contributed by atoms with van der Waals surface area (Å²) in [7, 11) is 0. The highest BCUT2D eigenvalue weighted by atomic mass is 16.6. The Labute approximate surface area is 124 Å². The molecule has 8 nitrogen and oxygen atoms in total. The number of hydrogen-bond donors (Lipinski definition) is 4. The molecule has 1 amide bonds. The van der Waals surface area contributed by atoms with Crippen LogP contribution in [0.4, 0.5) is 4.79 Å². The second-order valence-electron chi connectivity index (χ2n) is 5.30. The molecule has 0 aliphatic heterocycles. The standard InChI is InChI=1S/C9H17NO4.C4H9NO2/c1-5-6(7(11)12)10-8(13)14-9(2,3)4;1-2-3(5)4(6)7/h6H,5H2,1-4H3,(H,10,13)(H,11,12);3H,2,5H2,1H3,(H,6,7)/t6-;3-/m00/s1. The van der Waals surface area contributed by atoms with E-state index in [1.54, 1.807) is 34.6 Å². The van der Waals surface area contributed by atoms with E-state index in [2.05, 4.69) is 5.32 Å². The van der Waals surface area contributed by atoms with Crippen LogP contribution in [0.1, 0.15) is 47.5 Å². The van der Waals surface area contributed by atoms with Gasteiger partial charge in [-0.25, -0.2) is 9.59 Å². The largest absolute Gasteiger partial charge is 0.480 e. The Morgan fingerprint density at radius 2 is 1.57 bits per heavy atom. The number of nitrogens with two attached hydrogens (primary N) is 1. The third kappa shape index (κ3) is 12.9. The minimum absolute atomic E-state index is 0.328. The Morgan fingerprint density at radius 1 is 1.10 bits per heavy atom. The monoisotopic (exact) mass is 306 g/mol. The normalized spacial score (nSPS) is 13.2.